The van der Waals surface area contributed by atoms with Gasteiger partial charge in [-0.05, 0) is 61.8 Å². The molecule has 2 aromatic heterocycles. The molecule has 5 nitrogen and oxygen atoms in total. The van der Waals surface area contributed by atoms with Gasteiger partial charge in [-0.25, -0.2) is 0 Å². The fraction of sp³-hybridized carbons (Fsp3) is 0.304. The predicted octanol–water partition coefficient (Wildman–Crippen LogP) is 4.21. The van der Waals surface area contributed by atoms with Crippen LogP contribution in [0.5, 0.6) is 0 Å². The molecule has 3 aromatic rings. The standard InChI is InChI=1S/C23H25N3O2/c1-25(17-21-8-5-13-28-21)23(27)20-7-4-6-19(14-20)22-10-9-18(15-24-22)16-26-11-2-3-12-26/h4-10,13-15H,2-3,11-12,16-17H2,1H3. The van der Waals surface area contributed by atoms with E-state index in [-0.39, 0.29) is 5.91 Å². The maximum Gasteiger partial charge on any atom is 0.254 e. The average Bonchev–Trinajstić information content (AvgIpc) is 3.42. The molecule has 144 valence electrons. The highest BCUT2D eigenvalue weighted by Crippen LogP contribution is 2.21. The third-order valence-corrected chi connectivity index (χ3v) is 5.15. The van der Waals surface area contributed by atoms with Gasteiger partial charge in [0.05, 0.1) is 18.5 Å². The van der Waals surface area contributed by atoms with E-state index in [2.05, 4.69) is 16.0 Å². The number of hydrogen-bond acceptors (Lipinski definition) is 4. The highest BCUT2D eigenvalue weighted by atomic mass is 16.3. The predicted molar refractivity (Wildman–Crippen MR) is 109 cm³/mol. The number of aromatic nitrogens is 1. The van der Waals surface area contributed by atoms with Crippen molar-refractivity contribution in [1.29, 1.82) is 0 Å². The Morgan fingerprint density at radius 3 is 2.71 bits per heavy atom. The summed E-state index contributed by atoms with van der Waals surface area (Å²) in [6.07, 6.45) is 6.15. The number of hydrogen-bond donors (Lipinski definition) is 0. The van der Waals surface area contributed by atoms with Crippen molar-refractivity contribution in [2.75, 3.05) is 20.1 Å². The van der Waals surface area contributed by atoms with Crippen LogP contribution in [0.2, 0.25) is 0 Å². The topological polar surface area (TPSA) is 49.6 Å². The van der Waals surface area contributed by atoms with Gasteiger partial charge < -0.3 is 9.32 Å². The number of pyridine rings is 1. The van der Waals surface area contributed by atoms with Gasteiger partial charge in [-0.1, -0.05) is 18.2 Å². The molecular weight excluding hydrogens is 350 g/mol. The van der Waals surface area contributed by atoms with Gasteiger partial charge in [0.2, 0.25) is 0 Å². The largest absolute Gasteiger partial charge is 0.467 e. The Morgan fingerprint density at radius 1 is 1.14 bits per heavy atom. The second kappa shape index (κ2) is 8.40. The fourth-order valence-electron chi connectivity index (χ4n) is 3.63. The first-order chi connectivity index (χ1) is 13.7. The average molecular weight is 375 g/mol. The number of rotatable bonds is 6. The van der Waals surface area contributed by atoms with Crippen LogP contribution in [0.1, 0.15) is 34.5 Å². The summed E-state index contributed by atoms with van der Waals surface area (Å²) in [4.78, 5) is 21.5. The molecule has 0 saturated carbocycles. The van der Waals surface area contributed by atoms with E-state index in [1.54, 1.807) is 18.2 Å². The molecule has 0 unspecified atom stereocenters. The lowest BCUT2D eigenvalue weighted by Crippen LogP contribution is -2.25. The Labute approximate surface area is 165 Å². The van der Waals surface area contributed by atoms with Crippen molar-refractivity contribution in [1.82, 2.24) is 14.8 Å². The van der Waals surface area contributed by atoms with Crippen molar-refractivity contribution in [2.24, 2.45) is 0 Å². The Hall–Kier alpha value is -2.92. The zero-order valence-electron chi connectivity index (χ0n) is 16.2. The van der Waals surface area contributed by atoms with E-state index < -0.39 is 0 Å². The van der Waals surface area contributed by atoms with Crippen LogP contribution in [0, 0.1) is 0 Å². The fourth-order valence-corrected chi connectivity index (χ4v) is 3.63. The van der Waals surface area contributed by atoms with E-state index in [9.17, 15) is 4.79 Å². The first-order valence-electron chi connectivity index (χ1n) is 9.74. The van der Waals surface area contributed by atoms with E-state index in [0.717, 1.165) is 23.6 Å². The molecule has 0 spiro atoms. The van der Waals surface area contributed by atoms with E-state index >= 15 is 0 Å². The van der Waals surface area contributed by atoms with E-state index in [1.165, 1.54) is 31.5 Å². The van der Waals surface area contributed by atoms with Crippen LogP contribution in [0.25, 0.3) is 11.3 Å². The summed E-state index contributed by atoms with van der Waals surface area (Å²) in [6, 6.07) is 15.5. The van der Waals surface area contributed by atoms with E-state index in [1.807, 2.05) is 48.7 Å². The number of nitrogens with zero attached hydrogens (tertiary/aromatic N) is 3. The third-order valence-electron chi connectivity index (χ3n) is 5.15. The lowest BCUT2D eigenvalue weighted by Gasteiger charge is -2.16. The van der Waals surface area contributed by atoms with Crippen LogP contribution in [0.4, 0.5) is 0 Å². The monoisotopic (exact) mass is 375 g/mol. The molecule has 1 saturated heterocycles. The maximum absolute atomic E-state index is 12.8. The van der Waals surface area contributed by atoms with Crippen LogP contribution >= 0.6 is 0 Å². The number of carbonyl (C=O) groups is 1. The second-order valence-electron chi connectivity index (χ2n) is 7.36. The van der Waals surface area contributed by atoms with Gasteiger partial charge >= 0.3 is 0 Å². The van der Waals surface area contributed by atoms with Crippen molar-refractivity contribution >= 4 is 5.91 Å². The number of amides is 1. The molecule has 0 atom stereocenters. The summed E-state index contributed by atoms with van der Waals surface area (Å²) in [6.45, 7) is 3.76. The molecule has 3 heterocycles. The Morgan fingerprint density at radius 2 is 2.00 bits per heavy atom. The van der Waals surface area contributed by atoms with Crippen molar-refractivity contribution in [2.45, 2.75) is 25.9 Å². The zero-order chi connectivity index (χ0) is 19.3. The Balaban J connectivity index is 1.46. The van der Waals surface area contributed by atoms with Crippen molar-refractivity contribution in [3.05, 3.63) is 77.9 Å². The molecule has 1 aliphatic rings. The summed E-state index contributed by atoms with van der Waals surface area (Å²) in [7, 11) is 1.78. The summed E-state index contributed by atoms with van der Waals surface area (Å²) in [5, 5.41) is 0. The first kappa shape index (κ1) is 18.4. The quantitative estimate of drug-likeness (QED) is 0.648. The summed E-state index contributed by atoms with van der Waals surface area (Å²) in [5.74, 6) is 0.728. The van der Waals surface area contributed by atoms with Gasteiger partial charge in [0.25, 0.3) is 5.91 Å². The second-order valence-corrected chi connectivity index (χ2v) is 7.36. The molecule has 28 heavy (non-hydrogen) atoms. The third kappa shape index (κ3) is 4.31. The van der Waals surface area contributed by atoms with Crippen LogP contribution < -0.4 is 0 Å². The molecule has 0 bridgehead atoms. The summed E-state index contributed by atoms with van der Waals surface area (Å²) >= 11 is 0. The lowest BCUT2D eigenvalue weighted by molar-refractivity contribution is 0.0775. The van der Waals surface area contributed by atoms with Crippen LogP contribution in [0.15, 0.2) is 65.4 Å². The van der Waals surface area contributed by atoms with Crippen LogP contribution in [-0.2, 0) is 13.1 Å². The molecule has 4 rings (SSSR count). The lowest BCUT2D eigenvalue weighted by atomic mass is 10.1. The van der Waals surface area contributed by atoms with Gasteiger partial charge in [-0.3, -0.25) is 14.7 Å². The highest BCUT2D eigenvalue weighted by Gasteiger charge is 2.15. The molecule has 1 aromatic carbocycles. The van der Waals surface area contributed by atoms with Gasteiger partial charge in [-0.2, -0.15) is 0 Å². The van der Waals surface area contributed by atoms with Crippen molar-refractivity contribution in [3.63, 3.8) is 0 Å². The molecule has 1 fully saturated rings. The highest BCUT2D eigenvalue weighted by molar-refractivity contribution is 5.95. The molecule has 1 amide bonds. The van der Waals surface area contributed by atoms with Crippen molar-refractivity contribution < 1.29 is 9.21 Å². The summed E-state index contributed by atoms with van der Waals surface area (Å²) in [5.41, 5.74) is 3.71. The minimum absolute atomic E-state index is 0.0381. The van der Waals surface area contributed by atoms with Crippen molar-refractivity contribution in [3.8, 4) is 11.3 Å². The Kier molecular flexibility index (Phi) is 5.53. The molecule has 0 radical (unpaired) electrons. The van der Waals surface area contributed by atoms with E-state index in [4.69, 9.17) is 4.42 Å². The number of furan rings is 1. The molecular formula is C23H25N3O2. The molecule has 5 heteroatoms. The van der Waals surface area contributed by atoms with Crippen LogP contribution in [0.3, 0.4) is 0 Å². The van der Waals surface area contributed by atoms with Gasteiger partial charge in [0, 0.05) is 30.9 Å². The van der Waals surface area contributed by atoms with Crippen LogP contribution in [-0.4, -0.2) is 40.8 Å². The minimum atomic E-state index is -0.0381. The smallest absolute Gasteiger partial charge is 0.254 e. The van der Waals surface area contributed by atoms with Gasteiger partial charge in [0.15, 0.2) is 0 Å². The van der Waals surface area contributed by atoms with Gasteiger partial charge in [-0.15, -0.1) is 0 Å². The summed E-state index contributed by atoms with van der Waals surface area (Å²) < 4.78 is 5.33. The first-order valence-corrected chi connectivity index (χ1v) is 9.74. The van der Waals surface area contributed by atoms with Gasteiger partial charge in [0.1, 0.15) is 5.76 Å². The SMILES string of the molecule is CN(Cc1ccco1)C(=O)c1cccc(-c2ccc(CN3CCCC3)cn2)c1. The molecule has 0 aliphatic carbocycles. The maximum atomic E-state index is 12.8. The molecule has 0 N–H and O–H groups in total. The minimum Gasteiger partial charge on any atom is -0.467 e. The zero-order valence-corrected chi connectivity index (χ0v) is 16.2. The van der Waals surface area contributed by atoms with E-state index in [0.29, 0.717) is 12.1 Å². The number of likely N-dealkylation sites (tertiary alicyclic amines) is 1. The number of benzene rings is 1. The number of carbonyl (C=O) groups excluding carboxylic acids is 1. The normalized spacial score (nSPS) is 14.3. The Bertz CT molecular complexity index is 913. The molecule has 1 aliphatic heterocycles.